The summed E-state index contributed by atoms with van der Waals surface area (Å²) in [5, 5.41) is 6.24. The summed E-state index contributed by atoms with van der Waals surface area (Å²) >= 11 is 0. The molecule has 1 aromatic carbocycles. The summed E-state index contributed by atoms with van der Waals surface area (Å²) in [6, 6.07) is 5.02. The van der Waals surface area contributed by atoms with Crippen LogP contribution in [-0.2, 0) is 19.1 Å². The van der Waals surface area contributed by atoms with Gasteiger partial charge in [0.25, 0.3) is 0 Å². The van der Waals surface area contributed by atoms with Crippen LogP contribution in [0.5, 0.6) is 0 Å². The number of rotatable bonds is 6. The predicted molar refractivity (Wildman–Crippen MR) is 134 cm³/mol. The van der Waals surface area contributed by atoms with Crippen LogP contribution in [0.25, 0.3) is 0 Å². The summed E-state index contributed by atoms with van der Waals surface area (Å²) in [6.07, 6.45) is 9.30. The van der Waals surface area contributed by atoms with Gasteiger partial charge < -0.3 is 20.3 Å². The van der Waals surface area contributed by atoms with Crippen molar-refractivity contribution in [3.8, 4) is 0 Å². The van der Waals surface area contributed by atoms with Crippen LogP contribution in [0, 0.1) is 25.7 Å². The fraction of sp³-hybridized carbons (Fsp3) is 0.607. The number of aryl methyl sites for hydroxylation is 2. The number of likely N-dealkylation sites (tertiary alicyclic amines) is 1. The second-order valence-corrected chi connectivity index (χ2v) is 10.8. The summed E-state index contributed by atoms with van der Waals surface area (Å²) in [6.45, 7) is 8.01. The average molecular weight is 480 g/mol. The first kappa shape index (κ1) is 24.0. The zero-order chi connectivity index (χ0) is 24.9. The molecule has 1 aromatic rings. The Bertz CT molecular complexity index is 1060. The zero-order valence-electron chi connectivity index (χ0n) is 21.2. The molecule has 2 saturated heterocycles. The molecular formula is C28H37N3O4. The van der Waals surface area contributed by atoms with Crippen LogP contribution < -0.4 is 10.6 Å². The number of ether oxygens (including phenoxy) is 1. The van der Waals surface area contributed by atoms with Crippen molar-refractivity contribution in [2.75, 3.05) is 5.32 Å². The SMILES string of the molecule is CCC(C)N1C(=O)C2C(C(=O)Nc3ccc(C)c(C)c3)C3C=CC2(O3)C1C(=O)NC1CCCCC1. The number of anilines is 1. The van der Waals surface area contributed by atoms with Crippen molar-refractivity contribution < 1.29 is 19.1 Å². The van der Waals surface area contributed by atoms with E-state index >= 15 is 0 Å². The smallest absolute Gasteiger partial charge is 0.246 e. The van der Waals surface area contributed by atoms with Gasteiger partial charge in [-0.2, -0.15) is 0 Å². The monoisotopic (exact) mass is 479 g/mol. The van der Waals surface area contributed by atoms with Crippen LogP contribution in [0.15, 0.2) is 30.4 Å². The Morgan fingerprint density at radius 3 is 2.57 bits per heavy atom. The highest BCUT2D eigenvalue weighted by molar-refractivity contribution is 6.03. The predicted octanol–water partition coefficient (Wildman–Crippen LogP) is 3.64. The molecule has 2 bridgehead atoms. The molecule has 3 amide bonds. The van der Waals surface area contributed by atoms with E-state index in [9.17, 15) is 14.4 Å². The van der Waals surface area contributed by atoms with E-state index in [0.29, 0.717) is 12.1 Å². The first-order chi connectivity index (χ1) is 16.8. The fourth-order valence-corrected chi connectivity index (χ4v) is 6.45. The van der Waals surface area contributed by atoms with E-state index in [-0.39, 0.29) is 29.8 Å². The minimum absolute atomic E-state index is 0.132. The number of nitrogens with zero attached hydrogens (tertiary/aromatic N) is 1. The van der Waals surface area contributed by atoms with E-state index in [1.54, 1.807) is 4.90 Å². The van der Waals surface area contributed by atoms with Crippen molar-refractivity contribution in [1.82, 2.24) is 10.2 Å². The maximum absolute atomic E-state index is 13.9. The molecule has 1 spiro atoms. The molecule has 6 atom stereocenters. The Morgan fingerprint density at radius 1 is 1.14 bits per heavy atom. The Balaban J connectivity index is 1.44. The highest BCUT2D eigenvalue weighted by Gasteiger charge is 2.73. The molecular weight excluding hydrogens is 442 g/mol. The van der Waals surface area contributed by atoms with Gasteiger partial charge in [0.2, 0.25) is 17.7 Å². The number of carbonyl (C=O) groups is 3. The molecule has 35 heavy (non-hydrogen) atoms. The largest absolute Gasteiger partial charge is 0.359 e. The topological polar surface area (TPSA) is 87.7 Å². The molecule has 7 nitrogen and oxygen atoms in total. The van der Waals surface area contributed by atoms with Gasteiger partial charge in [0.05, 0.1) is 17.9 Å². The number of hydrogen-bond donors (Lipinski definition) is 2. The quantitative estimate of drug-likeness (QED) is 0.610. The van der Waals surface area contributed by atoms with Crippen LogP contribution in [0.1, 0.15) is 63.5 Å². The molecule has 6 unspecified atom stereocenters. The van der Waals surface area contributed by atoms with Gasteiger partial charge in [0.15, 0.2) is 0 Å². The molecule has 0 radical (unpaired) electrons. The summed E-state index contributed by atoms with van der Waals surface area (Å²) in [5.74, 6) is -1.93. The number of carbonyl (C=O) groups excluding carboxylic acids is 3. The van der Waals surface area contributed by atoms with Crippen molar-refractivity contribution in [3.05, 3.63) is 41.5 Å². The minimum atomic E-state index is -1.10. The maximum Gasteiger partial charge on any atom is 0.246 e. The van der Waals surface area contributed by atoms with Gasteiger partial charge in [-0.05, 0) is 63.3 Å². The van der Waals surface area contributed by atoms with Gasteiger partial charge in [-0.25, -0.2) is 0 Å². The standard InChI is InChI=1S/C28H37N3O4/c1-5-18(4)31-24(26(33)29-19-9-7-6-8-10-19)28-14-13-21(35-28)22(23(28)27(31)34)25(32)30-20-12-11-16(2)17(3)15-20/h11-15,18-19,21-24H,5-10H2,1-4H3,(H,29,33)(H,30,32). The third kappa shape index (κ3) is 3.88. The third-order valence-electron chi connectivity index (χ3n) is 8.65. The first-order valence-electron chi connectivity index (χ1n) is 13.1. The van der Waals surface area contributed by atoms with Crippen LogP contribution in [0.4, 0.5) is 5.69 Å². The Labute approximate surface area is 207 Å². The van der Waals surface area contributed by atoms with Crippen LogP contribution in [-0.4, -0.2) is 52.5 Å². The van der Waals surface area contributed by atoms with Crippen molar-refractivity contribution in [3.63, 3.8) is 0 Å². The summed E-state index contributed by atoms with van der Waals surface area (Å²) < 4.78 is 6.42. The molecule has 3 fully saturated rings. The number of benzene rings is 1. The van der Waals surface area contributed by atoms with Crippen LogP contribution in [0.2, 0.25) is 0 Å². The van der Waals surface area contributed by atoms with E-state index in [2.05, 4.69) is 10.6 Å². The zero-order valence-corrected chi connectivity index (χ0v) is 21.2. The molecule has 2 N–H and O–H groups in total. The normalized spacial score (nSPS) is 32.6. The fourth-order valence-electron chi connectivity index (χ4n) is 6.45. The van der Waals surface area contributed by atoms with Crippen molar-refractivity contribution in [2.24, 2.45) is 11.8 Å². The summed E-state index contributed by atoms with van der Waals surface area (Å²) in [4.78, 5) is 42.9. The Hall–Kier alpha value is -2.67. The Kier molecular flexibility index (Phi) is 6.24. The number of amides is 3. The lowest BCUT2D eigenvalue weighted by Gasteiger charge is -2.36. The van der Waals surface area contributed by atoms with E-state index in [0.717, 1.165) is 36.8 Å². The summed E-state index contributed by atoms with van der Waals surface area (Å²) in [7, 11) is 0. The molecule has 0 aromatic heterocycles. The lowest BCUT2D eigenvalue weighted by atomic mass is 9.74. The summed E-state index contributed by atoms with van der Waals surface area (Å²) in [5.41, 5.74) is 1.84. The van der Waals surface area contributed by atoms with Gasteiger partial charge in [-0.3, -0.25) is 14.4 Å². The van der Waals surface area contributed by atoms with E-state index in [1.807, 2.05) is 58.0 Å². The molecule has 4 aliphatic rings. The first-order valence-corrected chi connectivity index (χ1v) is 13.1. The van der Waals surface area contributed by atoms with Gasteiger partial charge in [0, 0.05) is 17.8 Å². The van der Waals surface area contributed by atoms with Crippen molar-refractivity contribution in [2.45, 2.75) is 96.1 Å². The van der Waals surface area contributed by atoms with Gasteiger partial charge in [-0.15, -0.1) is 0 Å². The lowest BCUT2D eigenvalue weighted by molar-refractivity contribution is -0.143. The van der Waals surface area contributed by atoms with E-state index in [1.165, 1.54) is 6.42 Å². The highest BCUT2D eigenvalue weighted by Crippen LogP contribution is 2.55. The van der Waals surface area contributed by atoms with Gasteiger partial charge in [-0.1, -0.05) is 44.4 Å². The number of fused-ring (bicyclic) bond motifs is 1. The molecule has 5 rings (SSSR count). The minimum Gasteiger partial charge on any atom is -0.359 e. The molecule has 3 aliphatic heterocycles. The van der Waals surface area contributed by atoms with Crippen LogP contribution in [0.3, 0.4) is 0 Å². The Morgan fingerprint density at radius 2 is 1.89 bits per heavy atom. The van der Waals surface area contributed by atoms with Gasteiger partial charge >= 0.3 is 0 Å². The second kappa shape index (κ2) is 9.08. The molecule has 188 valence electrons. The highest BCUT2D eigenvalue weighted by atomic mass is 16.5. The second-order valence-electron chi connectivity index (χ2n) is 10.8. The molecule has 3 heterocycles. The lowest BCUT2D eigenvalue weighted by Crippen LogP contribution is -2.58. The number of nitrogens with one attached hydrogen (secondary N) is 2. The van der Waals surface area contributed by atoms with Crippen molar-refractivity contribution >= 4 is 23.4 Å². The van der Waals surface area contributed by atoms with E-state index in [4.69, 9.17) is 4.74 Å². The number of hydrogen-bond acceptors (Lipinski definition) is 4. The third-order valence-corrected chi connectivity index (χ3v) is 8.65. The van der Waals surface area contributed by atoms with Gasteiger partial charge in [0.1, 0.15) is 11.6 Å². The van der Waals surface area contributed by atoms with Crippen LogP contribution >= 0.6 is 0 Å². The van der Waals surface area contributed by atoms with Crippen molar-refractivity contribution in [1.29, 1.82) is 0 Å². The molecule has 1 saturated carbocycles. The van der Waals surface area contributed by atoms with E-state index < -0.39 is 29.6 Å². The molecule has 7 heteroatoms. The molecule has 1 aliphatic carbocycles. The maximum atomic E-state index is 13.9. The average Bonchev–Trinajstić information content (AvgIpc) is 3.49.